The van der Waals surface area contributed by atoms with Crippen molar-refractivity contribution in [1.82, 2.24) is 15.0 Å². The molecule has 0 saturated carbocycles. The van der Waals surface area contributed by atoms with Crippen LogP contribution < -0.4 is 4.74 Å². The highest BCUT2D eigenvalue weighted by atomic mass is 19.1. The highest BCUT2D eigenvalue weighted by molar-refractivity contribution is 5.94. The summed E-state index contributed by atoms with van der Waals surface area (Å²) < 4.78 is 19.9. The third-order valence-electron chi connectivity index (χ3n) is 3.06. The molecule has 5 nitrogen and oxygen atoms in total. The molecule has 0 bridgehead atoms. The van der Waals surface area contributed by atoms with Gasteiger partial charge in [0.25, 0.3) is 0 Å². The summed E-state index contributed by atoms with van der Waals surface area (Å²) in [6.45, 7) is 2.66. The van der Waals surface area contributed by atoms with Gasteiger partial charge in [-0.3, -0.25) is 0 Å². The molecule has 1 heterocycles. The number of hydrogen-bond acceptors (Lipinski definition) is 4. The molecule has 21 heavy (non-hydrogen) atoms. The molecule has 0 atom stereocenters. The third kappa shape index (κ3) is 2.60. The Balaban J connectivity index is 1.87. The minimum Gasteiger partial charge on any atom is -0.423 e. The molecular formula is C15H12FN3O2. The van der Waals surface area contributed by atoms with E-state index in [0.717, 1.165) is 11.6 Å². The van der Waals surface area contributed by atoms with Crippen LogP contribution in [-0.4, -0.2) is 21.0 Å². The first-order valence-corrected chi connectivity index (χ1v) is 6.48. The van der Waals surface area contributed by atoms with Crippen LogP contribution in [0.3, 0.4) is 0 Å². The molecule has 1 aromatic heterocycles. The number of fused-ring (bicyclic) bond motifs is 1. The number of aryl methyl sites for hydroxylation is 1. The van der Waals surface area contributed by atoms with Crippen LogP contribution in [-0.2, 0) is 6.54 Å². The monoisotopic (exact) mass is 285 g/mol. The van der Waals surface area contributed by atoms with E-state index >= 15 is 0 Å². The maximum absolute atomic E-state index is 13.1. The average Bonchev–Trinajstić information content (AvgIpc) is 2.89. The SMILES string of the molecule is CCn1nnc2cc(C(=O)Oc3cccc(F)c3)ccc21. The van der Waals surface area contributed by atoms with Gasteiger partial charge in [0.15, 0.2) is 0 Å². The summed E-state index contributed by atoms with van der Waals surface area (Å²) >= 11 is 0. The van der Waals surface area contributed by atoms with E-state index in [1.54, 1.807) is 22.9 Å². The highest BCUT2D eigenvalue weighted by Gasteiger charge is 2.12. The zero-order valence-electron chi connectivity index (χ0n) is 11.3. The van der Waals surface area contributed by atoms with Crippen molar-refractivity contribution < 1.29 is 13.9 Å². The van der Waals surface area contributed by atoms with Crippen molar-refractivity contribution in [3.05, 3.63) is 53.8 Å². The molecule has 0 saturated heterocycles. The lowest BCUT2D eigenvalue weighted by atomic mass is 10.2. The smallest absolute Gasteiger partial charge is 0.343 e. The zero-order chi connectivity index (χ0) is 14.8. The molecule has 0 radical (unpaired) electrons. The van der Waals surface area contributed by atoms with Gasteiger partial charge in [-0.1, -0.05) is 11.3 Å². The van der Waals surface area contributed by atoms with E-state index in [1.807, 2.05) is 6.92 Å². The maximum atomic E-state index is 13.1. The van der Waals surface area contributed by atoms with Crippen molar-refractivity contribution in [2.75, 3.05) is 0 Å². The van der Waals surface area contributed by atoms with Gasteiger partial charge in [0.1, 0.15) is 17.1 Å². The second kappa shape index (κ2) is 5.32. The van der Waals surface area contributed by atoms with Gasteiger partial charge in [0, 0.05) is 12.6 Å². The van der Waals surface area contributed by atoms with Crippen molar-refractivity contribution in [3.63, 3.8) is 0 Å². The van der Waals surface area contributed by atoms with Crippen molar-refractivity contribution in [3.8, 4) is 5.75 Å². The third-order valence-corrected chi connectivity index (χ3v) is 3.06. The van der Waals surface area contributed by atoms with Gasteiger partial charge in [-0.2, -0.15) is 0 Å². The number of nitrogens with zero attached hydrogens (tertiary/aromatic N) is 3. The van der Waals surface area contributed by atoms with Gasteiger partial charge in [0.2, 0.25) is 0 Å². The standard InChI is InChI=1S/C15H12FN3O2/c1-2-19-14-7-6-10(8-13(14)17-18-19)15(20)21-12-5-3-4-11(16)9-12/h3-9H,2H2,1H3. The number of carbonyl (C=O) groups excluding carboxylic acids is 1. The van der Waals surface area contributed by atoms with Crippen molar-refractivity contribution in [1.29, 1.82) is 0 Å². The lowest BCUT2D eigenvalue weighted by molar-refractivity contribution is 0.0734. The lowest BCUT2D eigenvalue weighted by Gasteiger charge is -2.04. The number of halogens is 1. The van der Waals surface area contributed by atoms with Gasteiger partial charge in [-0.15, -0.1) is 5.10 Å². The first-order chi connectivity index (χ1) is 10.2. The molecule has 3 aromatic rings. The fourth-order valence-corrected chi connectivity index (χ4v) is 2.03. The molecule has 0 aliphatic heterocycles. The Morgan fingerprint density at radius 3 is 2.90 bits per heavy atom. The van der Waals surface area contributed by atoms with Crippen molar-refractivity contribution in [2.45, 2.75) is 13.5 Å². The van der Waals surface area contributed by atoms with Gasteiger partial charge in [-0.05, 0) is 37.3 Å². The topological polar surface area (TPSA) is 57.0 Å². The molecule has 0 fully saturated rings. The summed E-state index contributed by atoms with van der Waals surface area (Å²) in [5.41, 5.74) is 1.81. The molecule has 0 spiro atoms. The van der Waals surface area contributed by atoms with Crippen molar-refractivity contribution >= 4 is 17.0 Å². The minimum atomic E-state index is -0.562. The fraction of sp³-hybridized carbons (Fsp3) is 0.133. The largest absolute Gasteiger partial charge is 0.423 e. The van der Waals surface area contributed by atoms with Crippen LogP contribution in [0, 0.1) is 5.82 Å². The number of esters is 1. The van der Waals surface area contributed by atoms with E-state index in [4.69, 9.17) is 4.74 Å². The van der Waals surface area contributed by atoms with Gasteiger partial charge in [0.05, 0.1) is 11.1 Å². The molecule has 0 aliphatic carbocycles. The summed E-state index contributed by atoms with van der Waals surface area (Å²) in [6, 6.07) is 10.5. The predicted molar refractivity (Wildman–Crippen MR) is 74.6 cm³/mol. The molecule has 2 aromatic carbocycles. The van der Waals surface area contributed by atoms with Gasteiger partial charge >= 0.3 is 5.97 Å². The first-order valence-electron chi connectivity index (χ1n) is 6.48. The number of rotatable bonds is 3. The van der Waals surface area contributed by atoms with Gasteiger partial charge in [-0.25, -0.2) is 13.9 Å². The lowest BCUT2D eigenvalue weighted by Crippen LogP contribution is -2.08. The number of aromatic nitrogens is 3. The Hall–Kier alpha value is -2.76. The molecule has 0 unspecified atom stereocenters. The maximum Gasteiger partial charge on any atom is 0.343 e. The summed E-state index contributed by atoms with van der Waals surface area (Å²) in [5, 5.41) is 7.97. The summed E-state index contributed by atoms with van der Waals surface area (Å²) in [5.74, 6) is -0.854. The molecule has 0 aliphatic rings. The van der Waals surface area contributed by atoms with E-state index in [2.05, 4.69) is 10.3 Å². The Bertz CT molecular complexity index is 814. The molecule has 3 rings (SSSR count). The number of ether oxygens (including phenoxy) is 1. The first kappa shape index (κ1) is 13.2. The van der Waals surface area contributed by atoms with Crippen LogP contribution in [0.1, 0.15) is 17.3 Å². The second-order valence-electron chi connectivity index (χ2n) is 4.46. The van der Waals surface area contributed by atoms with Crippen LogP contribution in [0.15, 0.2) is 42.5 Å². The van der Waals surface area contributed by atoms with Crippen LogP contribution in [0.25, 0.3) is 11.0 Å². The number of hydrogen-bond donors (Lipinski definition) is 0. The summed E-state index contributed by atoms with van der Waals surface area (Å²) in [7, 11) is 0. The van der Waals surface area contributed by atoms with Crippen LogP contribution in [0.5, 0.6) is 5.75 Å². The Morgan fingerprint density at radius 1 is 1.29 bits per heavy atom. The fourth-order valence-electron chi connectivity index (χ4n) is 2.03. The quantitative estimate of drug-likeness (QED) is 0.548. The summed E-state index contributed by atoms with van der Waals surface area (Å²) in [6.07, 6.45) is 0. The number of carbonyl (C=O) groups is 1. The Labute approximate surface area is 120 Å². The molecular weight excluding hydrogens is 273 g/mol. The van der Waals surface area contributed by atoms with Crippen LogP contribution in [0.2, 0.25) is 0 Å². The van der Waals surface area contributed by atoms with E-state index in [9.17, 15) is 9.18 Å². The molecule has 106 valence electrons. The van der Waals surface area contributed by atoms with E-state index < -0.39 is 11.8 Å². The Kier molecular flexibility index (Phi) is 3.35. The van der Waals surface area contributed by atoms with E-state index in [0.29, 0.717) is 17.6 Å². The predicted octanol–water partition coefficient (Wildman–Crippen LogP) is 2.81. The van der Waals surface area contributed by atoms with Gasteiger partial charge < -0.3 is 4.74 Å². The van der Waals surface area contributed by atoms with E-state index in [-0.39, 0.29) is 5.75 Å². The zero-order valence-corrected chi connectivity index (χ0v) is 11.3. The second-order valence-corrected chi connectivity index (χ2v) is 4.46. The Morgan fingerprint density at radius 2 is 2.14 bits per heavy atom. The number of benzene rings is 2. The minimum absolute atomic E-state index is 0.164. The average molecular weight is 285 g/mol. The normalized spacial score (nSPS) is 10.8. The van der Waals surface area contributed by atoms with E-state index in [1.165, 1.54) is 18.2 Å². The van der Waals surface area contributed by atoms with Crippen molar-refractivity contribution in [2.24, 2.45) is 0 Å². The highest BCUT2D eigenvalue weighted by Crippen LogP contribution is 2.17. The molecule has 6 heteroatoms. The molecule has 0 N–H and O–H groups in total. The molecule has 0 amide bonds. The summed E-state index contributed by atoms with van der Waals surface area (Å²) in [4.78, 5) is 12.0. The van der Waals surface area contributed by atoms with Crippen LogP contribution in [0.4, 0.5) is 4.39 Å². The van der Waals surface area contributed by atoms with Crippen LogP contribution >= 0.6 is 0 Å².